The van der Waals surface area contributed by atoms with Gasteiger partial charge in [0.2, 0.25) is 0 Å². The van der Waals surface area contributed by atoms with Gasteiger partial charge in [0.1, 0.15) is 0 Å². The lowest BCUT2D eigenvalue weighted by molar-refractivity contribution is -0.141. The SMILES string of the molecule is CCCCCC=CCC=CCCCCCCCCOC(C)=O. The van der Waals surface area contributed by atoms with Crippen molar-refractivity contribution < 1.29 is 9.53 Å². The maximum Gasteiger partial charge on any atom is 0.302 e. The molecular formula is C20H36O2. The fraction of sp³-hybridized carbons (Fsp3) is 0.750. The molecule has 0 heterocycles. The molecule has 0 fully saturated rings. The largest absolute Gasteiger partial charge is 0.466 e. The van der Waals surface area contributed by atoms with Crippen molar-refractivity contribution in [2.24, 2.45) is 0 Å². The van der Waals surface area contributed by atoms with Crippen molar-refractivity contribution in [2.75, 3.05) is 6.61 Å². The molecule has 0 N–H and O–H groups in total. The zero-order chi connectivity index (χ0) is 16.3. The maximum absolute atomic E-state index is 10.6. The van der Waals surface area contributed by atoms with Crippen molar-refractivity contribution >= 4 is 5.97 Å². The molecule has 0 rings (SSSR count). The minimum absolute atomic E-state index is 0.164. The van der Waals surface area contributed by atoms with Gasteiger partial charge in [-0.1, -0.05) is 69.8 Å². The molecule has 0 saturated carbocycles. The van der Waals surface area contributed by atoms with Gasteiger partial charge < -0.3 is 4.74 Å². The van der Waals surface area contributed by atoms with E-state index in [1.807, 2.05) is 0 Å². The van der Waals surface area contributed by atoms with Crippen LogP contribution in [-0.2, 0) is 9.53 Å². The molecule has 0 saturated heterocycles. The van der Waals surface area contributed by atoms with E-state index in [2.05, 4.69) is 31.2 Å². The summed E-state index contributed by atoms with van der Waals surface area (Å²) in [6.45, 7) is 4.30. The van der Waals surface area contributed by atoms with Crippen LogP contribution in [0.4, 0.5) is 0 Å². The quantitative estimate of drug-likeness (QED) is 0.200. The second-order valence-electron chi connectivity index (χ2n) is 5.92. The van der Waals surface area contributed by atoms with E-state index in [0.29, 0.717) is 6.61 Å². The lowest BCUT2D eigenvalue weighted by atomic mass is 10.1. The molecule has 0 aromatic rings. The monoisotopic (exact) mass is 308 g/mol. The number of allylic oxidation sites excluding steroid dienone is 4. The van der Waals surface area contributed by atoms with E-state index in [-0.39, 0.29) is 5.97 Å². The van der Waals surface area contributed by atoms with Gasteiger partial charge in [0.05, 0.1) is 6.61 Å². The van der Waals surface area contributed by atoms with E-state index in [0.717, 1.165) is 12.8 Å². The zero-order valence-electron chi connectivity index (χ0n) is 14.8. The average Bonchev–Trinajstić information content (AvgIpc) is 2.50. The Balaban J connectivity index is 3.15. The van der Waals surface area contributed by atoms with Crippen molar-refractivity contribution in [2.45, 2.75) is 90.9 Å². The minimum Gasteiger partial charge on any atom is -0.466 e. The Morgan fingerprint density at radius 1 is 0.773 bits per heavy atom. The molecule has 0 aliphatic carbocycles. The molecule has 0 aromatic heterocycles. The van der Waals surface area contributed by atoms with Gasteiger partial charge >= 0.3 is 5.97 Å². The number of rotatable bonds is 15. The van der Waals surface area contributed by atoms with Gasteiger partial charge in [-0.25, -0.2) is 0 Å². The van der Waals surface area contributed by atoms with Gasteiger partial charge in [0.25, 0.3) is 0 Å². The first kappa shape index (κ1) is 20.9. The van der Waals surface area contributed by atoms with Crippen LogP contribution in [0.5, 0.6) is 0 Å². The molecule has 128 valence electrons. The Hall–Kier alpha value is -1.05. The lowest BCUT2D eigenvalue weighted by Crippen LogP contribution is -1.99. The Bertz CT molecular complexity index is 292. The van der Waals surface area contributed by atoms with Crippen LogP contribution >= 0.6 is 0 Å². The summed E-state index contributed by atoms with van der Waals surface area (Å²) in [6, 6.07) is 0. The fourth-order valence-electron chi connectivity index (χ4n) is 2.31. The number of unbranched alkanes of at least 4 members (excludes halogenated alkanes) is 9. The second-order valence-corrected chi connectivity index (χ2v) is 5.92. The van der Waals surface area contributed by atoms with Crippen LogP contribution in [0.3, 0.4) is 0 Å². The number of carbonyl (C=O) groups is 1. The fourth-order valence-corrected chi connectivity index (χ4v) is 2.31. The summed E-state index contributed by atoms with van der Waals surface area (Å²) in [7, 11) is 0. The molecule has 0 amide bonds. The Morgan fingerprint density at radius 2 is 1.32 bits per heavy atom. The minimum atomic E-state index is -0.164. The molecule has 2 heteroatoms. The summed E-state index contributed by atoms with van der Waals surface area (Å²) in [5.41, 5.74) is 0. The highest BCUT2D eigenvalue weighted by Crippen LogP contribution is 2.08. The van der Waals surface area contributed by atoms with Crippen molar-refractivity contribution in [3.05, 3.63) is 24.3 Å². The molecule has 0 spiro atoms. The van der Waals surface area contributed by atoms with Crippen LogP contribution < -0.4 is 0 Å². The van der Waals surface area contributed by atoms with Crippen molar-refractivity contribution in [3.8, 4) is 0 Å². The average molecular weight is 309 g/mol. The maximum atomic E-state index is 10.6. The molecule has 0 aliphatic rings. The first-order chi connectivity index (χ1) is 10.8. The van der Waals surface area contributed by atoms with Crippen molar-refractivity contribution in [3.63, 3.8) is 0 Å². The molecule has 0 aliphatic heterocycles. The third-order valence-electron chi connectivity index (χ3n) is 3.65. The molecule has 0 aromatic carbocycles. The Morgan fingerprint density at radius 3 is 1.91 bits per heavy atom. The number of hydrogen-bond donors (Lipinski definition) is 0. The summed E-state index contributed by atoms with van der Waals surface area (Å²) in [5, 5.41) is 0. The van der Waals surface area contributed by atoms with E-state index >= 15 is 0 Å². The van der Waals surface area contributed by atoms with Gasteiger partial charge in [-0.05, 0) is 38.5 Å². The van der Waals surface area contributed by atoms with Crippen LogP contribution in [0, 0.1) is 0 Å². The van der Waals surface area contributed by atoms with Crippen molar-refractivity contribution in [1.29, 1.82) is 0 Å². The van der Waals surface area contributed by atoms with Gasteiger partial charge in [0, 0.05) is 6.92 Å². The summed E-state index contributed by atoms with van der Waals surface area (Å²) in [5.74, 6) is -0.164. The predicted molar refractivity (Wildman–Crippen MR) is 96.0 cm³/mol. The van der Waals surface area contributed by atoms with E-state index in [1.54, 1.807) is 0 Å². The highest BCUT2D eigenvalue weighted by Gasteiger charge is 1.93. The zero-order valence-corrected chi connectivity index (χ0v) is 14.8. The number of hydrogen-bond acceptors (Lipinski definition) is 2. The number of ether oxygens (including phenoxy) is 1. The van der Waals surface area contributed by atoms with Crippen LogP contribution in [0.1, 0.15) is 90.9 Å². The standard InChI is InChI=1S/C20H36O2/c1-3-4-5-6-7-8-9-10-11-12-13-14-15-16-17-18-19-22-20(2)21/h7-8,10-11H,3-6,9,12-19H2,1-2H3. The summed E-state index contributed by atoms with van der Waals surface area (Å²) >= 11 is 0. The highest BCUT2D eigenvalue weighted by molar-refractivity contribution is 5.65. The molecule has 0 unspecified atom stereocenters. The highest BCUT2D eigenvalue weighted by atomic mass is 16.5. The Labute approximate surface area is 138 Å². The van der Waals surface area contributed by atoms with E-state index in [4.69, 9.17) is 4.74 Å². The van der Waals surface area contributed by atoms with E-state index < -0.39 is 0 Å². The smallest absolute Gasteiger partial charge is 0.302 e. The van der Waals surface area contributed by atoms with Gasteiger partial charge in [-0.15, -0.1) is 0 Å². The molecule has 0 atom stereocenters. The summed E-state index contributed by atoms with van der Waals surface area (Å²) in [6.07, 6.45) is 24.1. The first-order valence-electron chi connectivity index (χ1n) is 9.20. The molecule has 2 nitrogen and oxygen atoms in total. The van der Waals surface area contributed by atoms with Crippen LogP contribution in [0.25, 0.3) is 0 Å². The summed E-state index contributed by atoms with van der Waals surface area (Å²) < 4.78 is 4.91. The normalized spacial score (nSPS) is 11.5. The third kappa shape index (κ3) is 18.9. The van der Waals surface area contributed by atoms with Crippen LogP contribution in [0.15, 0.2) is 24.3 Å². The lowest BCUT2D eigenvalue weighted by Gasteiger charge is -2.02. The second kappa shape index (κ2) is 18.0. The number of esters is 1. The van der Waals surface area contributed by atoms with Crippen LogP contribution in [-0.4, -0.2) is 12.6 Å². The van der Waals surface area contributed by atoms with Gasteiger partial charge in [-0.2, -0.15) is 0 Å². The molecule has 0 bridgehead atoms. The molecule has 0 radical (unpaired) electrons. The van der Waals surface area contributed by atoms with Gasteiger partial charge in [0.15, 0.2) is 0 Å². The Kier molecular flexibility index (Phi) is 17.1. The van der Waals surface area contributed by atoms with E-state index in [9.17, 15) is 4.79 Å². The topological polar surface area (TPSA) is 26.3 Å². The molecule has 22 heavy (non-hydrogen) atoms. The van der Waals surface area contributed by atoms with Gasteiger partial charge in [-0.3, -0.25) is 4.79 Å². The first-order valence-corrected chi connectivity index (χ1v) is 9.20. The number of carbonyl (C=O) groups excluding carboxylic acids is 1. The third-order valence-corrected chi connectivity index (χ3v) is 3.65. The van der Waals surface area contributed by atoms with E-state index in [1.165, 1.54) is 71.1 Å². The molecular weight excluding hydrogens is 272 g/mol. The van der Waals surface area contributed by atoms with Crippen molar-refractivity contribution in [1.82, 2.24) is 0 Å². The summed E-state index contributed by atoms with van der Waals surface area (Å²) in [4.78, 5) is 10.6. The predicted octanol–water partition coefficient (Wildman–Crippen LogP) is 6.36. The van der Waals surface area contributed by atoms with Crippen LogP contribution in [0.2, 0.25) is 0 Å².